The van der Waals surface area contributed by atoms with Crippen LogP contribution in [0.4, 0.5) is 13.2 Å². The number of halogens is 3. The van der Waals surface area contributed by atoms with Crippen LogP contribution in [0, 0.1) is 23.6 Å². The fourth-order valence-corrected chi connectivity index (χ4v) is 5.54. The summed E-state index contributed by atoms with van der Waals surface area (Å²) >= 11 is 0. The molecule has 4 atom stereocenters. The first-order valence-corrected chi connectivity index (χ1v) is 10.7. The van der Waals surface area contributed by atoms with Gasteiger partial charge in [0.25, 0.3) is 0 Å². The van der Waals surface area contributed by atoms with Gasteiger partial charge >= 0.3 is 0 Å². The van der Waals surface area contributed by atoms with Crippen LogP contribution in [0.2, 0.25) is 0 Å². The van der Waals surface area contributed by atoms with Gasteiger partial charge in [-0.1, -0.05) is 24.3 Å². The summed E-state index contributed by atoms with van der Waals surface area (Å²) in [5.41, 5.74) is 1.74. The maximum absolute atomic E-state index is 14.0. The smallest absolute Gasteiger partial charge is 0.248 e. The first kappa shape index (κ1) is 21.6. The molecule has 0 bridgehead atoms. The first-order valence-electron chi connectivity index (χ1n) is 10.7. The number of hydrogen-bond acceptors (Lipinski definition) is 2. The van der Waals surface area contributed by atoms with Crippen LogP contribution in [0.1, 0.15) is 45.2 Å². The Bertz CT molecular complexity index is 989. The van der Waals surface area contributed by atoms with E-state index in [1.54, 1.807) is 12.3 Å². The zero-order chi connectivity index (χ0) is 22.2. The highest BCUT2D eigenvalue weighted by atomic mass is 19.3. The number of nitrogens with one attached hydrogen (secondary N) is 1. The first-order chi connectivity index (χ1) is 14.7. The number of carbonyl (C=O) groups excluding carboxylic acids is 1. The summed E-state index contributed by atoms with van der Waals surface area (Å²) in [6.45, 7) is 3.43. The molecule has 2 saturated carbocycles. The molecule has 1 heterocycles. The van der Waals surface area contributed by atoms with Gasteiger partial charge in [0.2, 0.25) is 11.8 Å². The summed E-state index contributed by atoms with van der Waals surface area (Å²) < 4.78 is 41.5. The van der Waals surface area contributed by atoms with Crippen LogP contribution in [0.5, 0.6) is 0 Å². The number of alkyl halides is 2. The van der Waals surface area contributed by atoms with Crippen molar-refractivity contribution in [2.24, 2.45) is 17.8 Å². The van der Waals surface area contributed by atoms with Gasteiger partial charge < -0.3 is 5.32 Å². The molecule has 1 N–H and O–H groups in total. The molecule has 2 aliphatic carbocycles. The molecule has 4 rings (SSSR count). The lowest BCUT2D eigenvalue weighted by atomic mass is 9.75. The van der Waals surface area contributed by atoms with Gasteiger partial charge in [-0.2, -0.15) is 0 Å². The van der Waals surface area contributed by atoms with E-state index < -0.39 is 11.5 Å². The topological polar surface area (TPSA) is 42.0 Å². The molecule has 0 saturated heterocycles. The second kappa shape index (κ2) is 8.13. The zero-order valence-corrected chi connectivity index (χ0v) is 17.7. The van der Waals surface area contributed by atoms with E-state index in [0.717, 1.165) is 16.8 Å². The SMILES string of the molecule is CC(=O)N[C@@]1(C)C[C@@H]2CC(F)(F)CC[C@H]2[C@@H]1C=Cc1ccc(-c2cccc(F)c2)cn1. The normalized spacial score (nSPS) is 29.6. The van der Waals surface area contributed by atoms with Crippen LogP contribution in [0.3, 0.4) is 0 Å². The van der Waals surface area contributed by atoms with Crippen molar-refractivity contribution < 1.29 is 18.0 Å². The van der Waals surface area contributed by atoms with Crippen molar-refractivity contribution in [3.05, 3.63) is 60.2 Å². The number of fused-ring (bicyclic) bond motifs is 1. The average molecular weight is 428 g/mol. The largest absolute Gasteiger partial charge is 0.351 e. The van der Waals surface area contributed by atoms with E-state index in [2.05, 4.69) is 10.3 Å². The van der Waals surface area contributed by atoms with Gasteiger partial charge in [0.05, 0.1) is 5.69 Å². The molecule has 1 aromatic carbocycles. The third-order valence-electron chi connectivity index (χ3n) is 6.77. The Morgan fingerprint density at radius 3 is 2.68 bits per heavy atom. The molecule has 1 aromatic heterocycles. The van der Waals surface area contributed by atoms with E-state index in [9.17, 15) is 18.0 Å². The van der Waals surface area contributed by atoms with E-state index in [0.29, 0.717) is 12.8 Å². The van der Waals surface area contributed by atoms with Crippen LogP contribution in [-0.2, 0) is 4.79 Å². The highest BCUT2D eigenvalue weighted by Gasteiger charge is 2.55. The number of aromatic nitrogens is 1. The van der Waals surface area contributed by atoms with Crippen molar-refractivity contribution >= 4 is 12.0 Å². The summed E-state index contributed by atoms with van der Waals surface area (Å²) in [6.07, 6.45) is 6.40. The minimum absolute atomic E-state index is 0.0396. The molecular weight excluding hydrogens is 401 g/mol. The van der Waals surface area contributed by atoms with Gasteiger partial charge in [0, 0.05) is 43.0 Å². The number of benzene rings is 1. The fraction of sp³-hybridized carbons (Fsp3) is 0.440. The minimum Gasteiger partial charge on any atom is -0.351 e. The van der Waals surface area contributed by atoms with Crippen LogP contribution in [-0.4, -0.2) is 22.4 Å². The number of amides is 1. The third-order valence-corrected chi connectivity index (χ3v) is 6.77. The number of carbonyl (C=O) groups is 1. The lowest BCUT2D eigenvalue weighted by molar-refractivity contribution is -0.121. The minimum atomic E-state index is -2.62. The zero-order valence-electron chi connectivity index (χ0n) is 17.7. The van der Waals surface area contributed by atoms with Gasteiger partial charge in [0.15, 0.2) is 0 Å². The average Bonchev–Trinajstić information content (AvgIpc) is 2.95. The van der Waals surface area contributed by atoms with Crippen molar-refractivity contribution in [2.75, 3.05) is 0 Å². The van der Waals surface area contributed by atoms with Gasteiger partial charge in [-0.3, -0.25) is 9.78 Å². The van der Waals surface area contributed by atoms with Gasteiger partial charge in [-0.15, -0.1) is 0 Å². The molecule has 1 amide bonds. The van der Waals surface area contributed by atoms with Crippen LogP contribution in [0.25, 0.3) is 17.2 Å². The molecule has 2 aromatic rings. The van der Waals surface area contributed by atoms with E-state index >= 15 is 0 Å². The predicted molar refractivity (Wildman–Crippen MR) is 115 cm³/mol. The fourth-order valence-electron chi connectivity index (χ4n) is 5.54. The van der Waals surface area contributed by atoms with Crippen molar-refractivity contribution in [1.82, 2.24) is 10.3 Å². The number of hydrogen-bond donors (Lipinski definition) is 1. The lowest BCUT2D eigenvalue weighted by Crippen LogP contribution is -2.48. The van der Waals surface area contributed by atoms with E-state index in [4.69, 9.17) is 0 Å². The molecular formula is C25H27F3N2O. The van der Waals surface area contributed by atoms with Crippen LogP contribution >= 0.6 is 0 Å². The summed E-state index contributed by atoms with van der Waals surface area (Å²) in [5, 5.41) is 3.03. The maximum Gasteiger partial charge on any atom is 0.248 e. The number of pyridine rings is 1. The molecule has 31 heavy (non-hydrogen) atoms. The van der Waals surface area contributed by atoms with Crippen molar-refractivity contribution in [3.8, 4) is 11.1 Å². The van der Waals surface area contributed by atoms with Crippen LogP contribution in [0.15, 0.2) is 48.7 Å². The lowest BCUT2D eigenvalue weighted by Gasteiger charge is -2.35. The molecule has 0 radical (unpaired) electrons. The summed E-state index contributed by atoms with van der Waals surface area (Å²) in [4.78, 5) is 16.3. The molecule has 3 nitrogen and oxygen atoms in total. The molecule has 2 aliphatic rings. The molecule has 6 heteroatoms. The molecule has 0 spiro atoms. The molecule has 0 unspecified atom stereocenters. The predicted octanol–water partition coefficient (Wildman–Crippen LogP) is 5.87. The Hall–Kier alpha value is -2.63. The highest BCUT2D eigenvalue weighted by Crippen LogP contribution is 2.54. The Kier molecular flexibility index (Phi) is 5.67. The Morgan fingerprint density at radius 1 is 1.19 bits per heavy atom. The van der Waals surface area contributed by atoms with Gasteiger partial charge in [-0.05, 0) is 61.4 Å². The van der Waals surface area contributed by atoms with E-state index in [-0.39, 0.29) is 42.3 Å². The quantitative estimate of drug-likeness (QED) is 0.662. The summed E-state index contributed by atoms with van der Waals surface area (Å²) in [6, 6.07) is 10.1. The van der Waals surface area contributed by atoms with E-state index in [1.165, 1.54) is 19.1 Å². The Labute approximate surface area is 180 Å². The highest BCUT2D eigenvalue weighted by molar-refractivity contribution is 5.74. The van der Waals surface area contributed by atoms with Crippen molar-refractivity contribution in [2.45, 2.75) is 51.0 Å². The number of nitrogens with zero attached hydrogens (tertiary/aromatic N) is 1. The second-order valence-corrected chi connectivity index (χ2v) is 9.19. The summed E-state index contributed by atoms with van der Waals surface area (Å²) in [7, 11) is 0. The molecule has 164 valence electrons. The van der Waals surface area contributed by atoms with Crippen LogP contribution < -0.4 is 5.32 Å². The summed E-state index contributed by atoms with van der Waals surface area (Å²) in [5.74, 6) is -3.11. The standard InChI is InChI=1S/C25H27F3N2O/c1-16(31)30-24(2)13-19-14-25(27,28)11-10-22(19)23(24)9-8-21-7-6-18(15-29-21)17-4-3-5-20(26)12-17/h3-9,12,15,19,22-23H,10-11,13-14H2,1-2H3,(H,30,31)/t19-,22-,23+,24+/m1/s1. The molecule has 2 fully saturated rings. The Balaban J connectivity index is 1.56. The van der Waals surface area contributed by atoms with Gasteiger partial charge in [0.1, 0.15) is 5.82 Å². The Morgan fingerprint density at radius 2 is 2.00 bits per heavy atom. The maximum atomic E-state index is 14.0. The van der Waals surface area contributed by atoms with Crippen molar-refractivity contribution in [3.63, 3.8) is 0 Å². The third kappa shape index (κ3) is 4.68. The molecule has 0 aliphatic heterocycles. The van der Waals surface area contributed by atoms with Crippen molar-refractivity contribution in [1.29, 1.82) is 0 Å². The monoisotopic (exact) mass is 428 g/mol. The van der Waals surface area contributed by atoms with Gasteiger partial charge in [-0.25, -0.2) is 13.2 Å². The van der Waals surface area contributed by atoms with E-state index in [1.807, 2.05) is 37.3 Å². The second-order valence-electron chi connectivity index (χ2n) is 9.19. The number of rotatable bonds is 4.